The molecule has 1 fully saturated rings. The molecule has 1 aliphatic heterocycles. The van der Waals surface area contributed by atoms with Gasteiger partial charge in [-0.05, 0) is 24.7 Å². The van der Waals surface area contributed by atoms with Crippen LogP contribution >= 0.6 is 0 Å². The molecule has 0 amide bonds. The molecule has 3 nitrogen and oxygen atoms in total. The summed E-state index contributed by atoms with van der Waals surface area (Å²) in [6.07, 6.45) is 5.29. The Morgan fingerprint density at radius 3 is 2.56 bits per heavy atom. The van der Waals surface area contributed by atoms with Crippen molar-refractivity contribution in [3.8, 4) is 12.3 Å². The van der Waals surface area contributed by atoms with Crippen molar-refractivity contribution in [2.45, 2.75) is 6.54 Å². The van der Waals surface area contributed by atoms with Crippen molar-refractivity contribution in [2.75, 3.05) is 44.8 Å². The van der Waals surface area contributed by atoms with Gasteiger partial charge in [-0.2, -0.15) is 0 Å². The predicted molar refractivity (Wildman–Crippen MR) is 74.6 cm³/mol. The van der Waals surface area contributed by atoms with Gasteiger partial charge in [0.25, 0.3) is 0 Å². The predicted octanol–water partition coefficient (Wildman–Crippen LogP) is 1.59. The minimum atomic E-state index is 0.686. The Kier molecular flexibility index (Phi) is 4.63. The average Bonchev–Trinajstić information content (AvgIpc) is 2.41. The standard InChI is InChI=1S/C15H20N2O/c1-3-8-16(2)13-14-4-6-15(7-5-14)17-9-11-18-12-10-17/h1,4-7H,8-13H2,2H3. The molecular weight excluding hydrogens is 224 g/mol. The molecule has 0 N–H and O–H groups in total. The molecule has 0 aliphatic carbocycles. The van der Waals surface area contributed by atoms with E-state index in [1.165, 1.54) is 11.3 Å². The van der Waals surface area contributed by atoms with Gasteiger partial charge >= 0.3 is 0 Å². The SMILES string of the molecule is C#CCN(C)Cc1ccc(N2CCOCC2)cc1. The highest BCUT2D eigenvalue weighted by molar-refractivity contribution is 5.47. The number of anilines is 1. The van der Waals surface area contributed by atoms with Gasteiger partial charge < -0.3 is 9.64 Å². The minimum Gasteiger partial charge on any atom is -0.378 e. The molecule has 18 heavy (non-hydrogen) atoms. The molecule has 1 aromatic carbocycles. The lowest BCUT2D eigenvalue weighted by molar-refractivity contribution is 0.122. The van der Waals surface area contributed by atoms with Crippen molar-refractivity contribution in [3.05, 3.63) is 29.8 Å². The first-order valence-electron chi connectivity index (χ1n) is 6.33. The monoisotopic (exact) mass is 244 g/mol. The van der Waals surface area contributed by atoms with E-state index in [0.29, 0.717) is 6.54 Å². The van der Waals surface area contributed by atoms with Gasteiger partial charge in [0.05, 0.1) is 19.8 Å². The van der Waals surface area contributed by atoms with Gasteiger partial charge in [-0.3, -0.25) is 4.90 Å². The zero-order valence-corrected chi connectivity index (χ0v) is 10.9. The molecule has 0 aromatic heterocycles. The number of rotatable bonds is 4. The zero-order valence-electron chi connectivity index (χ0n) is 10.9. The fourth-order valence-corrected chi connectivity index (χ4v) is 2.16. The summed E-state index contributed by atoms with van der Waals surface area (Å²) in [6.45, 7) is 5.20. The summed E-state index contributed by atoms with van der Waals surface area (Å²) in [7, 11) is 2.04. The zero-order chi connectivity index (χ0) is 12.8. The minimum absolute atomic E-state index is 0.686. The summed E-state index contributed by atoms with van der Waals surface area (Å²) < 4.78 is 5.36. The first-order valence-corrected chi connectivity index (χ1v) is 6.33. The number of benzene rings is 1. The quantitative estimate of drug-likeness (QED) is 0.748. The van der Waals surface area contributed by atoms with Crippen LogP contribution in [0.2, 0.25) is 0 Å². The van der Waals surface area contributed by atoms with Crippen molar-refractivity contribution in [3.63, 3.8) is 0 Å². The molecule has 2 rings (SSSR count). The van der Waals surface area contributed by atoms with Crippen molar-refractivity contribution < 1.29 is 4.74 Å². The fraction of sp³-hybridized carbons (Fsp3) is 0.467. The summed E-state index contributed by atoms with van der Waals surface area (Å²) >= 11 is 0. The maximum absolute atomic E-state index is 5.36. The molecule has 0 radical (unpaired) electrons. The molecule has 0 bridgehead atoms. The third kappa shape index (κ3) is 3.49. The summed E-state index contributed by atoms with van der Waals surface area (Å²) in [5, 5.41) is 0. The van der Waals surface area contributed by atoms with E-state index in [9.17, 15) is 0 Å². The van der Waals surface area contributed by atoms with Gasteiger partial charge in [0.2, 0.25) is 0 Å². The first-order chi connectivity index (χ1) is 8.79. The lowest BCUT2D eigenvalue weighted by atomic mass is 10.2. The third-order valence-electron chi connectivity index (χ3n) is 3.13. The van der Waals surface area contributed by atoms with E-state index in [1.807, 2.05) is 7.05 Å². The van der Waals surface area contributed by atoms with E-state index in [4.69, 9.17) is 11.2 Å². The van der Waals surface area contributed by atoms with Crippen LogP contribution in [-0.2, 0) is 11.3 Å². The van der Waals surface area contributed by atoms with Crippen LogP contribution in [0.3, 0.4) is 0 Å². The molecule has 1 aromatic rings. The summed E-state index contributed by atoms with van der Waals surface area (Å²) in [4.78, 5) is 4.49. The van der Waals surface area contributed by atoms with E-state index in [-0.39, 0.29) is 0 Å². The van der Waals surface area contributed by atoms with E-state index in [1.54, 1.807) is 0 Å². The first kappa shape index (κ1) is 12.9. The van der Waals surface area contributed by atoms with E-state index < -0.39 is 0 Å². The number of hydrogen-bond acceptors (Lipinski definition) is 3. The summed E-state index contributed by atoms with van der Waals surface area (Å²) in [5.41, 5.74) is 2.58. The Morgan fingerprint density at radius 2 is 1.94 bits per heavy atom. The second-order valence-electron chi connectivity index (χ2n) is 4.64. The number of ether oxygens (including phenoxy) is 1. The smallest absolute Gasteiger partial charge is 0.0642 e. The van der Waals surface area contributed by atoms with Crippen molar-refractivity contribution in [2.24, 2.45) is 0 Å². The normalized spacial score (nSPS) is 15.7. The fourth-order valence-electron chi connectivity index (χ4n) is 2.16. The van der Waals surface area contributed by atoms with Crippen molar-refractivity contribution in [1.82, 2.24) is 4.90 Å². The number of hydrogen-bond donors (Lipinski definition) is 0. The molecule has 0 unspecified atom stereocenters. The molecule has 1 aliphatic rings. The molecule has 0 spiro atoms. The van der Waals surface area contributed by atoms with Gasteiger partial charge in [0.1, 0.15) is 0 Å². The second-order valence-corrected chi connectivity index (χ2v) is 4.64. The molecule has 0 saturated carbocycles. The lowest BCUT2D eigenvalue weighted by Crippen LogP contribution is -2.36. The maximum Gasteiger partial charge on any atom is 0.0642 e. The number of terminal acetylenes is 1. The van der Waals surface area contributed by atoms with Crippen molar-refractivity contribution in [1.29, 1.82) is 0 Å². The van der Waals surface area contributed by atoms with Gasteiger partial charge in [-0.25, -0.2) is 0 Å². The Bertz CT molecular complexity index is 401. The van der Waals surface area contributed by atoms with Gasteiger partial charge in [0.15, 0.2) is 0 Å². The van der Waals surface area contributed by atoms with Crippen LogP contribution < -0.4 is 4.90 Å². The van der Waals surface area contributed by atoms with E-state index >= 15 is 0 Å². The maximum atomic E-state index is 5.36. The Morgan fingerprint density at radius 1 is 1.28 bits per heavy atom. The topological polar surface area (TPSA) is 15.7 Å². The van der Waals surface area contributed by atoms with Crippen LogP contribution in [0.15, 0.2) is 24.3 Å². The van der Waals surface area contributed by atoms with Crippen LogP contribution in [0, 0.1) is 12.3 Å². The summed E-state index contributed by atoms with van der Waals surface area (Å²) in [5.74, 6) is 2.65. The molecule has 1 heterocycles. The highest BCUT2D eigenvalue weighted by Gasteiger charge is 2.10. The van der Waals surface area contributed by atoms with Gasteiger partial charge in [0, 0.05) is 25.3 Å². The highest BCUT2D eigenvalue weighted by Crippen LogP contribution is 2.17. The van der Waals surface area contributed by atoms with Crippen LogP contribution in [0.5, 0.6) is 0 Å². The molecule has 1 saturated heterocycles. The second kappa shape index (κ2) is 6.44. The number of morpholine rings is 1. The molecule has 3 heteroatoms. The van der Waals surface area contributed by atoms with Gasteiger partial charge in [-0.1, -0.05) is 18.1 Å². The average molecular weight is 244 g/mol. The molecular formula is C15H20N2O. The Hall–Kier alpha value is -1.50. The molecule has 0 atom stereocenters. The number of nitrogens with zero attached hydrogens (tertiary/aromatic N) is 2. The lowest BCUT2D eigenvalue weighted by Gasteiger charge is -2.29. The van der Waals surface area contributed by atoms with Crippen LogP contribution in [0.4, 0.5) is 5.69 Å². The van der Waals surface area contributed by atoms with E-state index in [0.717, 1.165) is 32.8 Å². The van der Waals surface area contributed by atoms with Gasteiger partial charge in [-0.15, -0.1) is 6.42 Å². The Labute approximate surface area is 109 Å². The van der Waals surface area contributed by atoms with Crippen LogP contribution in [-0.4, -0.2) is 44.8 Å². The third-order valence-corrected chi connectivity index (χ3v) is 3.13. The molecule has 96 valence electrons. The van der Waals surface area contributed by atoms with Crippen LogP contribution in [0.25, 0.3) is 0 Å². The van der Waals surface area contributed by atoms with Crippen LogP contribution in [0.1, 0.15) is 5.56 Å². The summed E-state index contributed by atoms with van der Waals surface area (Å²) in [6, 6.07) is 8.73. The van der Waals surface area contributed by atoms with E-state index in [2.05, 4.69) is 40.0 Å². The highest BCUT2D eigenvalue weighted by atomic mass is 16.5. The Balaban J connectivity index is 1.94. The largest absolute Gasteiger partial charge is 0.378 e. The van der Waals surface area contributed by atoms with Crippen molar-refractivity contribution >= 4 is 5.69 Å².